The zero-order valence-corrected chi connectivity index (χ0v) is 9.26. The van der Waals surface area contributed by atoms with Gasteiger partial charge in [-0.15, -0.1) is 0 Å². The lowest BCUT2D eigenvalue weighted by atomic mass is 9.91. The van der Waals surface area contributed by atoms with Gasteiger partial charge in [0.25, 0.3) is 0 Å². The lowest BCUT2D eigenvalue weighted by Gasteiger charge is -2.16. The topological polar surface area (TPSA) is 48.8 Å². The van der Waals surface area contributed by atoms with Crippen molar-refractivity contribution in [2.24, 2.45) is 5.11 Å². The Bertz CT molecular complexity index is 420. The van der Waals surface area contributed by atoms with Crippen LogP contribution in [0.1, 0.15) is 37.7 Å². The summed E-state index contributed by atoms with van der Waals surface area (Å²) in [6, 6.07) is 9.94. The quantitative estimate of drug-likeness (QED) is 0.389. The van der Waals surface area contributed by atoms with Crippen LogP contribution in [0, 0.1) is 0 Å². The minimum absolute atomic E-state index is 0.850. The molecule has 0 spiro atoms. The molecule has 0 atom stereocenters. The fourth-order valence-corrected chi connectivity index (χ4v) is 2.19. The number of benzene rings is 1. The molecule has 0 aliphatic heterocycles. The molecule has 1 aromatic rings. The number of nitrogens with zero attached hydrogens (tertiary/aromatic N) is 3. The molecule has 0 radical (unpaired) electrons. The Balaban J connectivity index is 2.40. The van der Waals surface area contributed by atoms with Crippen molar-refractivity contribution < 1.29 is 0 Å². The molecule has 1 aliphatic carbocycles. The SMILES string of the molecule is [N-]=[N+]=NC(=C1CCCCC1)c1ccccc1. The molecular weight excluding hydrogens is 198 g/mol. The summed E-state index contributed by atoms with van der Waals surface area (Å²) in [6.45, 7) is 0. The van der Waals surface area contributed by atoms with Crippen molar-refractivity contribution in [2.75, 3.05) is 0 Å². The molecule has 0 N–H and O–H groups in total. The van der Waals surface area contributed by atoms with E-state index in [2.05, 4.69) is 10.0 Å². The van der Waals surface area contributed by atoms with Crippen molar-refractivity contribution in [1.82, 2.24) is 0 Å². The van der Waals surface area contributed by atoms with Crippen molar-refractivity contribution in [3.63, 3.8) is 0 Å². The maximum absolute atomic E-state index is 8.65. The third kappa shape index (κ3) is 2.44. The largest absolute Gasteiger partial charge is 0.0622 e. The van der Waals surface area contributed by atoms with Crippen LogP contribution in [-0.4, -0.2) is 0 Å². The van der Waals surface area contributed by atoms with E-state index in [4.69, 9.17) is 5.53 Å². The Kier molecular flexibility index (Phi) is 3.62. The first kappa shape index (κ1) is 10.8. The standard InChI is InChI=1S/C13H15N3/c14-16-15-13(11-7-3-1-4-8-11)12-9-5-2-6-10-12/h1,3-4,7-8H,2,5-6,9-10H2. The first-order valence-electron chi connectivity index (χ1n) is 5.74. The average molecular weight is 213 g/mol. The molecule has 0 amide bonds. The molecule has 3 heteroatoms. The molecule has 0 saturated heterocycles. The highest BCUT2D eigenvalue weighted by atomic mass is 15.1. The Morgan fingerprint density at radius 1 is 1.06 bits per heavy atom. The van der Waals surface area contributed by atoms with E-state index in [9.17, 15) is 0 Å². The number of rotatable bonds is 2. The maximum atomic E-state index is 8.65. The van der Waals surface area contributed by atoms with Gasteiger partial charge in [0.1, 0.15) is 0 Å². The second-order valence-corrected chi connectivity index (χ2v) is 4.07. The van der Waals surface area contributed by atoms with E-state index in [0.29, 0.717) is 0 Å². The van der Waals surface area contributed by atoms with Gasteiger partial charge >= 0.3 is 0 Å². The molecule has 16 heavy (non-hydrogen) atoms. The average Bonchev–Trinajstić information content (AvgIpc) is 2.38. The van der Waals surface area contributed by atoms with Crippen LogP contribution in [0.2, 0.25) is 0 Å². The van der Waals surface area contributed by atoms with Crippen molar-refractivity contribution in [3.8, 4) is 0 Å². The van der Waals surface area contributed by atoms with Gasteiger partial charge in [0.2, 0.25) is 0 Å². The van der Waals surface area contributed by atoms with E-state index in [1.165, 1.54) is 24.8 Å². The molecule has 1 fully saturated rings. The third-order valence-corrected chi connectivity index (χ3v) is 2.98. The highest BCUT2D eigenvalue weighted by Crippen LogP contribution is 2.31. The van der Waals surface area contributed by atoms with Gasteiger partial charge in [0, 0.05) is 10.6 Å². The second kappa shape index (κ2) is 5.38. The molecule has 1 saturated carbocycles. The summed E-state index contributed by atoms with van der Waals surface area (Å²) in [5.74, 6) is 0. The lowest BCUT2D eigenvalue weighted by Crippen LogP contribution is -1.97. The smallest absolute Gasteiger partial charge is 0.0439 e. The minimum atomic E-state index is 0.850. The summed E-state index contributed by atoms with van der Waals surface area (Å²) in [6.07, 6.45) is 5.87. The van der Waals surface area contributed by atoms with E-state index in [0.717, 1.165) is 24.1 Å². The van der Waals surface area contributed by atoms with Crippen molar-refractivity contribution in [1.29, 1.82) is 0 Å². The molecule has 0 heterocycles. The van der Waals surface area contributed by atoms with E-state index in [-0.39, 0.29) is 0 Å². The molecule has 0 unspecified atom stereocenters. The number of hydrogen-bond donors (Lipinski definition) is 0. The summed E-state index contributed by atoms with van der Waals surface area (Å²) in [5.41, 5.74) is 11.9. The summed E-state index contributed by atoms with van der Waals surface area (Å²) in [4.78, 5) is 2.95. The normalized spacial score (nSPS) is 15.4. The molecule has 3 nitrogen and oxygen atoms in total. The van der Waals surface area contributed by atoms with Crippen LogP contribution in [0.3, 0.4) is 0 Å². The van der Waals surface area contributed by atoms with Gasteiger partial charge in [-0.2, -0.15) is 0 Å². The molecule has 2 rings (SSSR count). The molecule has 82 valence electrons. The van der Waals surface area contributed by atoms with Gasteiger partial charge in [-0.25, -0.2) is 0 Å². The monoisotopic (exact) mass is 213 g/mol. The van der Waals surface area contributed by atoms with E-state index < -0.39 is 0 Å². The fourth-order valence-electron chi connectivity index (χ4n) is 2.19. The van der Waals surface area contributed by atoms with Crippen LogP contribution in [0.15, 0.2) is 41.0 Å². The van der Waals surface area contributed by atoms with Crippen LogP contribution in [0.4, 0.5) is 0 Å². The van der Waals surface area contributed by atoms with E-state index in [1.54, 1.807) is 0 Å². The van der Waals surface area contributed by atoms with Crippen LogP contribution >= 0.6 is 0 Å². The second-order valence-electron chi connectivity index (χ2n) is 4.07. The van der Waals surface area contributed by atoms with Crippen LogP contribution in [-0.2, 0) is 0 Å². The Hall–Kier alpha value is -1.73. The van der Waals surface area contributed by atoms with Crippen molar-refractivity contribution >= 4 is 5.70 Å². The molecule has 1 aliphatic rings. The van der Waals surface area contributed by atoms with Gasteiger partial charge < -0.3 is 0 Å². The van der Waals surface area contributed by atoms with Gasteiger partial charge in [-0.3, -0.25) is 0 Å². The number of hydrogen-bond acceptors (Lipinski definition) is 1. The Labute approximate surface area is 95.4 Å². The highest BCUT2D eigenvalue weighted by Gasteiger charge is 2.11. The number of azide groups is 1. The minimum Gasteiger partial charge on any atom is -0.0622 e. The summed E-state index contributed by atoms with van der Waals surface area (Å²) < 4.78 is 0. The van der Waals surface area contributed by atoms with Gasteiger partial charge in [0.15, 0.2) is 0 Å². The van der Waals surface area contributed by atoms with Crippen LogP contribution in [0.5, 0.6) is 0 Å². The number of allylic oxidation sites excluding steroid dienone is 1. The lowest BCUT2D eigenvalue weighted by molar-refractivity contribution is 0.600. The fraction of sp³-hybridized carbons (Fsp3) is 0.385. The van der Waals surface area contributed by atoms with Crippen LogP contribution < -0.4 is 0 Å². The van der Waals surface area contributed by atoms with Gasteiger partial charge in [-0.1, -0.05) is 47.4 Å². The van der Waals surface area contributed by atoms with Gasteiger partial charge in [0.05, 0.1) is 0 Å². The zero-order valence-electron chi connectivity index (χ0n) is 9.26. The van der Waals surface area contributed by atoms with Crippen molar-refractivity contribution in [2.45, 2.75) is 32.1 Å². The van der Waals surface area contributed by atoms with Crippen molar-refractivity contribution in [3.05, 3.63) is 51.9 Å². The Morgan fingerprint density at radius 2 is 1.75 bits per heavy atom. The summed E-state index contributed by atoms with van der Waals surface area (Å²) >= 11 is 0. The first-order chi connectivity index (χ1) is 7.92. The highest BCUT2D eigenvalue weighted by molar-refractivity contribution is 5.67. The maximum Gasteiger partial charge on any atom is 0.0439 e. The van der Waals surface area contributed by atoms with E-state index in [1.807, 2.05) is 30.3 Å². The van der Waals surface area contributed by atoms with Gasteiger partial charge in [-0.05, 0) is 36.8 Å². The summed E-state index contributed by atoms with van der Waals surface area (Å²) in [7, 11) is 0. The zero-order chi connectivity index (χ0) is 11.2. The van der Waals surface area contributed by atoms with E-state index >= 15 is 0 Å². The van der Waals surface area contributed by atoms with Crippen LogP contribution in [0.25, 0.3) is 16.1 Å². The molecular formula is C13H15N3. The predicted octanol–water partition coefficient (Wildman–Crippen LogP) is 4.67. The summed E-state index contributed by atoms with van der Waals surface area (Å²) in [5, 5.41) is 3.88. The Morgan fingerprint density at radius 3 is 2.38 bits per heavy atom. The third-order valence-electron chi connectivity index (χ3n) is 2.98. The molecule has 1 aromatic carbocycles. The first-order valence-corrected chi connectivity index (χ1v) is 5.74. The molecule has 0 bridgehead atoms. The molecule has 0 aromatic heterocycles. The predicted molar refractivity (Wildman–Crippen MR) is 65.6 cm³/mol.